The topological polar surface area (TPSA) is 77.2 Å². The average molecular weight is 323 g/mol. The number of benzene rings is 1. The van der Waals surface area contributed by atoms with Gasteiger partial charge in [0.1, 0.15) is 12.4 Å². The molecule has 0 bridgehead atoms. The number of nitrogens with one attached hydrogen (secondary N) is 1. The second kappa shape index (κ2) is 7.41. The van der Waals surface area contributed by atoms with Crippen molar-refractivity contribution in [1.29, 1.82) is 0 Å². The molecule has 3 rings (SSSR count). The Kier molecular flexibility index (Phi) is 4.86. The average Bonchev–Trinajstić information content (AvgIpc) is 3.11. The fraction of sp³-hybridized carbons (Fsp3) is 0.167. The number of ether oxygens (including phenoxy) is 1. The van der Waals surface area contributed by atoms with Gasteiger partial charge in [0.05, 0.1) is 6.54 Å². The SMILES string of the molecule is Cc1ccc(OCCNC(=O)c2cc(-c3ccncc3)on2)cc1. The van der Waals surface area contributed by atoms with Crippen molar-refractivity contribution >= 4 is 5.91 Å². The summed E-state index contributed by atoms with van der Waals surface area (Å²) in [6, 6.07) is 12.9. The first-order chi connectivity index (χ1) is 11.7. The second-order valence-electron chi connectivity index (χ2n) is 5.23. The number of hydrogen-bond donors (Lipinski definition) is 1. The molecule has 0 aliphatic heterocycles. The van der Waals surface area contributed by atoms with Gasteiger partial charge in [-0.2, -0.15) is 0 Å². The number of rotatable bonds is 6. The summed E-state index contributed by atoms with van der Waals surface area (Å²) < 4.78 is 10.7. The molecule has 0 atom stereocenters. The zero-order valence-electron chi connectivity index (χ0n) is 13.2. The molecule has 0 spiro atoms. The Morgan fingerprint density at radius 2 is 1.92 bits per heavy atom. The summed E-state index contributed by atoms with van der Waals surface area (Å²) in [5.74, 6) is 1.00. The van der Waals surface area contributed by atoms with Gasteiger partial charge in [0.15, 0.2) is 11.5 Å². The molecule has 2 aromatic heterocycles. The normalized spacial score (nSPS) is 10.4. The maximum absolute atomic E-state index is 12.0. The van der Waals surface area contributed by atoms with Gasteiger partial charge in [-0.25, -0.2) is 0 Å². The van der Waals surface area contributed by atoms with Gasteiger partial charge in [0.25, 0.3) is 5.91 Å². The van der Waals surface area contributed by atoms with Gasteiger partial charge in [-0.3, -0.25) is 9.78 Å². The first kappa shape index (κ1) is 15.7. The van der Waals surface area contributed by atoms with E-state index in [1.54, 1.807) is 30.6 Å². The fourth-order valence-electron chi connectivity index (χ4n) is 2.09. The number of carbonyl (C=O) groups excluding carboxylic acids is 1. The molecule has 1 N–H and O–H groups in total. The van der Waals surface area contributed by atoms with E-state index in [-0.39, 0.29) is 11.6 Å². The lowest BCUT2D eigenvalue weighted by atomic mass is 10.2. The number of carbonyl (C=O) groups is 1. The molecule has 0 saturated heterocycles. The largest absolute Gasteiger partial charge is 0.492 e. The summed E-state index contributed by atoms with van der Waals surface area (Å²) in [5, 5.41) is 6.54. The molecule has 1 amide bonds. The molecule has 122 valence electrons. The maximum Gasteiger partial charge on any atom is 0.273 e. The fourth-order valence-corrected chi connectivity index (χ4v) is 2.09. The van der Waals surface area contributed by atoms with Gasteiger partial charge < -0.3 is 14.6 Å². The van der Waals surface area contributed by atoms with Crippen LogP contribution in [0.4, 0.5) is 0 Å². The molecular formula is C18H17N3O3. The molecule has 0 fully saturated rings. The van der Waals surface area contributed by atoms with Crippen molar-refractivity contribution < 1.29 is 14.1 Å². The van der Waals surface area contributed by atoms with Crippen LogP contribution in [0, 0.1) is 6.92 Å². The molecule has 0 aliphatic rings. The molecule has 24 heavy (non-hydrogen) atoms. The van der Waals surface area contributed by atoms with Crippen molar-refractivity contribution in [2.24, 2.45) is 0 Å². The molecule has 2 heterocycles. The highest BCUT2D eigenvalue weighted by molar-refractivity contribution is 5.93. The number of hydrogen-bond acceptors (Lipinski definition) is 5. The second-order valence-corrected chi connectivity index (χ2v) is 5.23. The van der Waals surface area contributed by atoms with Gasteiger partial charge in [-0.05, 0) is 31.2 Å². The number of amides is 1. The van der Waals surface area contributed by atoms with Crippen molar-refractivity contribution in [3.05, 3.63) is 66.1 Å². The Hall–Kier alpha value is -3.15. The van der Waals surface area contributed by atoms with Crippen molar-refractivity contribution in [2.75, 3.05) is 13.2 Å². The van der Waals surface area contributed by atoms with Crippen LogP contribution in [-0.2, 0) is 0 Å². The van der Waals surface area contributed by atoms with E-state index in [0.29, 0.717) is 18.9 Å². The zero-order chi connectivity index (χ0) is 16.8. The van der Waals surface area contributed by atoms with Crippen LogP contribution in [-0.4, -0.2) is 29.2 Å². The van der Waals surface area contributed by atoms with Crippen LogP contribution in [0.2, 0.25) is 0 Å². The third kappa shape index (κ3) is 3.98. The van der Waals surface area contributed by atoms with Gasteiger partial charge in [0.2, 0.25) is 0 Å². The number of aromatic nitrogens is 2. The van der Waals surface area contributed by atoms with Crippen LogP contribution < -0.4 is 10.1 Å². The van der Waals surface area contributed by atoms with Gasteiger partial charge in [-0.15, -0.1) is 0 Å². The standard InChI is InChI=1S/C18H17N3O3/c1-13-2-4-15(5-3-13)23-11-10-20-18(22)16-12-17(24-21-16)14-6-8-19-9-7-14/h2-9,12H,10-11H2,1H3,(H,20,22). The summed E-state index contributed by atoms with van der Waals surface area (Å²) >= 11 is 0. The molecule has 6 nitrogen and oxygen atoms in total. The van der Waals surface area contributed by atoms with Crippen LogP contribution in [0.25, 0.3) is 11.3 Å². The van der Waals surface area contributed by atoms with Crippen molar-refractivity contribution in [2.45, 2.75) is 6.92 Å². The van der Waals surface area contributed by atoms with Crippen molar-refractivity contribution in [3.63, 3.8) is 0 Å². The van der Waals surface area contributed by atoms with E-state index in [1.807, 2.05) is 31.2 Å². The Morgan fingerprint density at radius 3 is 2.67 bits per heavy atom. The Bertz CT molecular complexity index is 798. The molecule has 0 radical (unpaired) electrons. The lowest BCUT2D eigenvalue weighted by Crippen LogP contribution is -2.28. The third-order valence-corrected chi connectivity index (χ3v) is 3.38. The molecule has 3 aromatic rings. The summed E-state index contributed by atoms with van der Waals surface area (Å²) in [4.78, 5) is 16.0. The van der Waals surface area contributed by atoms with E-state index in [2.05, 4.69) is 15.5 Å². The highest BCUT2D eigenvalue weighted by Gasteiger charge is 2.13. The lowest BCUT2D eigenvalue weighted by Gasteiger charge is -2.06. The van der Waals surface area contributed by atoms with Crippen molar-refractivity contribution in [3.8, 4) is 17.1 Å². The Labute approximate surface area is 139 Å². The van der Waals surface area contributed by atoms with Gasteiger partial charge >= 0.3 is 0 Å². The van der Waals surface area contributed by atoms with Crippen LogP contribution in [0.15, 0.2) is 59.4 Å². The minimum absolute atomic E-state index is 0.233. The van der Waals surface area contributed by atoms with Gasteiger partial charge in [0, 0.05) is 24.0 Å². The highest BCUT2D eigenvalue weighted by Crippen LogP contribution is 2.19. The quantitative estimate of drug-likeness (QED) is 0.706. The number of pyridine rings is 1. The minimum Gasteiger partial charge on any atom is -0.492 e. The van der Waals surface area contributed by atoms with Crippen LogP contribution in [0.1, 0.15) is 16.1 Å². The smallest absolute Gasteiger partial charge is 0.273 e. The number of aryl methyl sites for hydroxylation is 1. The summed E-state index contributed by atoms with van der Waals surface area (Å²) in [7, 11) is 0. The summed E-state index contributed by atoms with van der Waals surface area (Å²) in [6.45, 7) is 2.77. The zero-order valence-corrected chi connectivity index (χ0v) is 13.2. The first-order valence-electron chi connectivity index (χ1n) is 7.57. The summed E-state index contributed by atoms with van der Waals surface area (Å²) in [6.07, 6.45) is 3.31. The molecular weight excluding hydrogens is 306 g/mol. The van der Waals surface area contributed by atoms with Crippen LogP contribution >= 0.6 is 0 Å². The number of nitrogens with zero attached hydrogens (tertiary/aromatic N) is 2. The van der Waals surface area contributed by atoms with E-state index >= 15 is 0 Å². The van der Waals surface area contributed by atoms with E-state index in [4.69, 9.17) is 9.26 Å². The Balaban J connectivity index is 1.49. The molecule has 1 aromatic carbocycles. The van der Waals surface area contributed by atoms with E-state index in [1.165, 1.54) is 5.56 Å². The summed E-state index contributed by atoms with van der Waals surface area (Å²) in [5.41, 5.74) is 2.23. The Morgan fingerprint density at radius 1 is 1.17 bits per heavy atom. The predicted octanol–water partition coefficient (Wildman–Crippen LogP) is 2.85. The lowest BCUT2D eigenvalue weighted by molar-refractivity contribution is 0.0938. The van der Waals surface area contributed by atoms with Crippen LogP contribution in [0.3, 0.4) is 0 Å². The van der Waals surface area contributed by atoms with E-state index in [9.17, 15) is 4.79 Å². The van der Waals surface area contributed by atoms with Gasteiger partial charge in [-0.1, -0.05) is 22.9 Å². The predicted molar refractivity (Wildman–Crippen MR) is 88.7 cm³/mol. The minimum atomic E-state index is -0.299. The van der Waals surface area contributed by atoms with E-state index in [0.717, 1.165) is 11.3 Å². The molecule has 6 heteroatoms. The molecule has 0 unspecified atom stereocenters. The first-order valence-corrected chi connectivity index (χ1v) is 7.57. The van der Waals surface area contributed by atoms with E-state index < -0.39 is 0 Å². The molecule has 0 aliphatic carbocycles. The highest BCUT2D eigenvalue weighted by atomic mass is 16.5. The third-order valence-electron chi connectivity index (χ3n) is 3.38. The maximum atomic E-state index is 12.0. The molecule has 0 saturated carbocycles. The monoisotopic (exact) mass is 323 g/mol. The van der Waals surface area contributed by atoms with Crippen molar-refractivity contribution in [1.82, 2.24) is 15.5 Å². The van der Waals surface area contributed by atoms with Crippen LogP contribution in [0.5, 0.6) is 5.75 Å².